The highest BCUT2D eigenvalue weighted by molar-refractivity contribution is 5.51. The van der Waals surface area contributed by atoms with E-state index in [-0.39, 0.29) is 0 Å². The average molecular weight is 208 g/mol. The molecular weight excluding hydrogens is 198 g/mol. The van der Waals surface area contributed by atoms with Crippen LogP contribution in [0.15, 0.2) is 12.1 Å². The van der Waals surface area contributed by atoms with Crippen molar-refractivity contribution in [3.63, 3.8) is 0 Å². The van der Waals surface area contributed by atoms with Crippen LogP contribution in [-0.4, -0.2) is 13.1 Å². The van der Waals surface area contributed by atoms with Gasteiger partial charge in [-0.05, 0) is 25.0 Å². The Morgan fingerprint density at radius 2 is 1.67 bits per heavy atom. The van der Waals surface area contributed by atoms with E-state index in [2.05, 4.69) is 0 Å². The van der Waals surface area contributed by atoms with E-state index in [1.807, 2.05) is 4.90 Å². The van der Waals surface area contributed by atoms with Gasteiger partial charge in [0.2, 0.25) is 0 Å². The Labute approximate surface area is 86.7 Å². The smallest absolute Gasteiger partial charge is 0.146 e. The zero-order valence-corrected chi connectivity index (χ0v) is 8.13. The maximum Gasteiger partial charge on any atom is 0.146 e. The topological polar surface area (TPSA) is 27.0 Å². The molecule has 0 atom stereocenters. The second-order valence-electron chi connectivity index (χ2n) is 3.59. The molecule has 0 N–H and O–H groups in total. The van der Waals surface area contributed by atoms with E-state index in [1.54, 1.807) is 0 Å². The molecule has 1 aliphatic rings. The van der Waals surface area contributed by atoms with E-state index < -0.39 is 17.2 Å². The highest BCUT2D eigenvalue weighted by atomic mass is 19.1. The second kappa shape index (κ2) is 3.85. The molecule has 0 radical (unpaired) electrons. The summed E-state index contributed by atoms with van der Waals surface area (Å²) in [5.41, 5.74) is 0.0273. The third-order valence-corrected chi connectivity index (χ3v) is 2.61. The summed E-state index contributed by atoms with van der Waals surface area (Å²) in [6.07, 6.45) is 2.09. The molecule has 4 heteroatoms. The lowest BCUT2D eigenvalue weighted by molar-refractivity contribution is 0.576. The Morgan fingerprint density at radius 3 is 2.13 bits per heavy atom. The number of hydrogen-bond acceptors (Lipinski definition) is 2. The molecule has 15 heavy (non-hydrogen) atoms. The molecule has 1 aliphatic heterocycles. The lowest BCUT2D eigenvalue weighted by Crippen LogP contribution is -2.18. The summed E-state index contributed by atoms with van der Waals surface area (Å²) in [5, 5.41) is 8.51. The fraction of sp³-hybridized carbons (Fsp3) is 0.364. The Hall–Kier alpha value is -1.63. The second-order valence-corrected chi connectivity index (χ2v) is 3.59. The maximum absolute atomic E-state index is 13.3. The third kappa shape index (κ3) is 1.78. The van der Waals surface area contributed by atoms with Crippen molar-refractivity contribution in [1.82, 2.24) is 0 Å². The molecule has 0 bridgehead atoms. The predicted octanol–water partition coefficient (Wildman–Crippen LogP) is 2.44. The normalized spacial score (nSPS) is 15.4. The van der Waals surface area contributed by atoms with Crippen LogP contribution in [0.3, 0.4) is 0 Å². The first-order valence-corrected chi connectivity index (χ1v) is 4.86. The molecular formula is C11H10F2N2. The van der Waals surface area contributed by atoms with Gasteiger partial charge < -0.3 is 4.90 Å². The number of benzene rings is 1. The first-order valence-electron chi connectivity index (χ1n) is 4.86. The van der Waals surface area contributed by atoms with Crippen LogP contribution >= 0.6 is 0 Å². The van der Waals surface area contributed by atoms with Crippen molar-refractivity contribution in [2.75, 3.05) is 18.0 Å². The third-order valence-electron chi connectivity index (χ3n) is 2.61. The average Bonchev–Trinajstić information content (AvgIpc) is 2.69. The molecule has 0 aromatic heterocycles. The van der Waals surface area contributed by atoms with E-state index in [0.717, 1.165) is 25.9 Å². The maximum atomic E-state index is 13.3. The van der Waals surface area contributed by atoms with Crippen LogP contribution in [-0.2, 0) is 0 Å². The van der Waals surface area contributed by atoms with Crippen LogP contribution in [0.5, 0.6) is 0 Å². The van der Waals surface area contributed by atoms with Crippen LogP contribution in [0.25, 0.3) is 0 Å². The van der Waals surface area contributed by atoms with Crippen LogP contribution in [0, 0.1) is 23.0 Å². The van der Waals surface area contributed by atoms with Gasteiger partial charge in [0.1, 0.15) is 23.3 Å². The molecule has 0 saturated carbocycles. The first-order chi connectivity index (χ1) is 7.22. The Kier molecular flexibility index (Phi) is 2.55. The van der Waals surface area contributed by atoms with Crippen molar-refractivity contribution in [3.05, 3.63) is 29.3 Å². The van der Waals surface area contributed by atoms with Gasteiger partial charge in [-0.15, -0.1) is 0 Å². The van der Waals surface area contributed by atoms with Crippen molar-refractivity contribution in [1.29, 1.82) is 5.26 Å². The van der Waals surface area contributed by atoms with Crippen LogP contribution in [0.4, 0.5) is 14.5 Å². The van der Waals surface area contributed by atoms with E-state index in [9.17, 15) is 8.78 Å². The molecule has 0 amide bonds. The highest BCUT2D eigenvalue weighted by Gasteiger charge is 2.17. The molecule has 78 valence electrons. The fourth-order valence-electron chi connectivity index (χ4n) is 1.82. The summed E-state index contributed by atoms with van der Waals surface area (Å²) < 4.78 is 26.6. The molecule has 2 nitrogen and oxygen atoms in total. The number of rotatable bonds is 1. The first kappa shape index (κ1) is 9.91. The highest BCUT2D eigenvalue weighted by Crippen LogP contribution is 2.24. The zero-order valence-electron chi connectivity index (χ0n) is 8.13. The van der Waals surface area contributed by atoms with E-state index >= 15 is 0 Å². The van der Waals surface area contributed by atoms with Crippen molar-refractivity contribution >= 4 is 5.69 Å². The van der Waals surface area contributed by atoms with Gasteiger partial charge in [0.25, 0.3) is 0 Å². The SMILES string of the molecule is N#Cc1c(F)cc(N2CCCC2)cc1F. The van der Waals surface area contributed by atoms with Crippen LogP contribution in [0.2, 0.25) is 0 Å². The molecule has 2 rings (SSSR count). The monoisotopic (exact) mass is 208 g/mol. The molecule has 1 aromatic carbocycles. The van der Waals surface area contributed by atoms with Crippen molar-refractivity contribution in [2.45, 2.75) is 12.8 Å². The van der Waals surface area contributed by atoms with Gasteiger partial charge in [-0.1, -0.05) is 0 Å². The summed E-state index contributed by atoms with van der Waals surface area (Å²) in [6, 6.07) is 3.97. The summed E-state index contributed by atoms with van der Waals surface area (Å²) in [7, 11) is 0. The lowest BCUT2D eigenvalue weighted by Gasteiger charge is -2.17. The fourth-order valence-corrected chi connectivity index (χ4v) is 1.82. The number of halogens is 2. The number of nitrogens with zero attached hydrogens (tertiary/aromatic N) is 2. The number of anilines is 1. The molecule has 1 fully saturated rings. The molecule has 1 saturated heterocycles. The predicted molar refractivity (Wildman–Crippen MR) is 52.5 cm³/mol. The Balaban J connectivity index is 2.39. The van der Waals surface area contributed by atoms with Crippen molar-refractivity contribution < 1.29 is 8.78 Å². The van der Waals surface area contributed by atoms with Gasteiger partial charge in [-0.2, -0.15) is 5.26 Å². The largest absolute Gasteiger partial charge is 0.371 e. The number of hydrogen-bond donors (Lipinski definition) is 0. The van der Waals surface area contributed by atoms with Gasteiger partial charge in [0.05, 0.1) is 0 Å². The van der Waals surface area contributed by atoms with Crippen LogP contribution in [0.1, 0.15) is 18.4 Å². The van der Waals surface area contributed by atoms with Crippen molar-refractivity contribution in [3.8, 4) is 6.07 Å². The minimum absolute atomic E-state index is 0.502. The van der Waals surface area contributed by atoms with Gasteiger partial charge in [-0.3, -0.25) is 0 Å². The van der Waals surface area contributed by atoms with E-state index in [1.165, 1.54) is 18.2 Å². The van der Waals surface area contributed by atoms with Gasteiger partial charge in [-0.25, -0.2) is 8.78 Å². The van der Waals surface area contributed by atoms with Gasteiger partial charge in [0, 0.05) is 18.8 Å². The summed E-state index contributed by atoms with van der Waals surface area (Å²) in [6.45, 7) is 1.65. The summed E-state index contributed by atoms with van der Waals surface area (Å²) >= 11 is 0. The summed E-state index contributed by atoms with van der Waals surface area (Å²) in [4.78, 5) is 1.92. The molecule has 1 aromatic rings. The van der Waals surface area contributed by atoms with Crippen LogP contribution < -0.4 is 4.90 Å². The molecule has 0 spiro atoms. The van der Waals surface area contributed by atoms with Crippen molar-refractivity contribution in [2.24, 2.45) is 0 Å². The van der Waals surface area contributed by atoms with Gasteiger partial charge >= 0.3 is 0 Å². The zero-order chi connectivity index (χ0) is 10.8. The Morgan fingerprint density at radius 1 is 1.13 bits per heavy atom. The lowest BCUT2D eigenvalue weighted by atomic mass is 10.2. The van der Waals surface area contributed by atoms with Gasteiger partial charge in [0.15, 0.2) is 0 Å². The quantitative estimate of drug-likeness (QED) is 0.708. The number of nitriles is 1. The minimum atomic E-state index is -0.778. The molecule has 0 aliphatic carbocycles. The molecule has 0 unspecified atom stereocenters. The van der Waals surface area contributed by atoms with E-state index in [0.29, 0.717) is 5.69 Å². The standard InChI is InChI=1S/C11H10F2N2/c12-10-5-8(15-3-1-2-4-15)6-11(13)9(10)7-14/h5-6H,1-4H2. The Bertz CT molecular complexity index is 394. The summed E-state index contributed by atoms with van der Waals surface area (Å²) in [5.74, 6) is -1.56. The van der Waals surface area contributed by atoms with E-state index in [4.69, 9.17) is 5.26 Å². The minimum Gasteiger partial charge on any atom is -0.371 e. The molecule has 1 heterocycles.